The number of hydrogen-bond donors (Lipinski definition) is 1. The fourth-order valence-electron chi connectivity index (χ4n) is 0.739. The summed E-state index contributed by atoms with van der Waals surface area (Å²) in [6, 6.07) is 0. The van der Waals surface area contributed by atoms with Crippen molar-refractivity contribution >= 4 is 17.9 Å². The molecular weight excluding hydrogens is 204 g/mol. The van der Waals surface area contributed by atoms with E-state index in [0.29, 0.717) is 0 Å². The summed E-state index contributed by atoms with van der Waals surface area (Å²) in [5.74, 6) is -3.04. The van der Waals surface area contributed by atoms with Crippen LogP contribution in [-0.4, -0.2) is 35.7 Å². The highest BCUT2D eigenvalue weighted by Crippen LogP contribution is 2.02. The molecule has 0 amide bonds. The molecule has 0 aromatic carbocycles. The van der Waals surface area contributed by atoms with Gasteiger partial charge < -0.3 is 14.6 Å². The Morgan fingerprint density at radius 3 is 2.47 bits per heavy atom. The summed E-state index contributed by atoms with van der Waals surface area (Å²) in [7, 11) is 0. The molecule has 0 radical (unpaired) electrons. The van der Waals surface area contributed by atoms with Gasteiger partial charge in [0.05, 0.1) is 13.0 Å². The zero-order chi connectivity index (χ0) is 11.8. The smallest absolute Gasteiger partial charge is 0.345 e. The highest BCUT2D eigenvalue weighted by Gasteiger charge is 2.25. The summed E-state index contributed by atoms with van der Waals surface area (Å²) >= 11 is 0. The lowest BCUT2D eigenvalue weighted by molar-refractivity contribution is -0.165. The maximum Gasteiger partial charge on any atom is 0.345 e. The van der Waals surface area contributed by atoms with Crippen molar-refractivity contribution in [2.24, 2.45) is 0 Å². The Morgan fingerprint density at radius 2 is 2.07 bits per heavy atom. The summed E-state index contributed by atoms with van der Waals surface area (Å²) in [6.07, 6.45) is -1.22. The topological polar surface area (TPSA) is 89.9 Å². The Labute approximate surface area is 86.5 Å². The van der Waals surface area contributed by atoms with Gasteiger partial charge in [-0.2, -0.15) is 0 Å². The van der Waals surface area contributed by atoms with Gasteiger partial charge in [-0.1, -0.05) is 6.58 Å². The van der Waals surface area contributed by atoms with Crippen molar-refractivity contribution in [3.63, 3.8) is 0 Å². The second kappa shape index (κ2) is 6.58. The first-order valence-electron chi connectivity index (χ1n) is 4.22. The normalized spacial score (nSPS) is 11.3. The molecule has 15 heavy (non-hydrogen) atoms. The monoisotopic (exact) mass is 216 g/mol. The molecule has 0 heterocycles. The van der Waals surface area contributed by atoms with Gasteiger partial charge >= 0.3 is 17.9 Å². The zero-order valence-electron chi connectivity index (χ0n) is 8.26. The van der Waals surface area contributed by atoms with Gasteiger partial charge in [-0.15, -0.1) is 0 Å². The molecule has 0 saturated carbocycles. The van der Waals surface area contributed by atoms with Crippen molar-refractivity contribution < 1.29 is 29.0 Å². The molecule has 0 rings (SSSR count). The third-order valence-corrected chi connectivity index (χ3v) is 1.36. The van der Waals surface area contributed by atoms with Gasteiger partial charge in [-0.25, -0.2) is 9.59 Å². The molecule has 1 N–H and O–H groups in total. The maximum absolute atomic E-state index is 10.9. The predicted molar refractivity (Wildman–Crippen MR) is 49.0 cm³/mol. The Kier molecular flexibility index (Phi) is 5.77. The Morgan fingerprint density at radius 1 is 1.47 bits per heavy atom. The van der Waals surface area contributed by atoms with Crippen LogP contribution in [0.2, 0.25) is 0 Å². The molecule has 0 aromatic heterocycles. The lowest BCUT2D eigenvalue weighted by Gasteiger charge is -2.11. The van der Waals surface area contributed by atoms with Crippen LogP contribution in [0.5, 0.6) is 0 Å². The van der Waals surface area contributed by atoms with Gasteiger partial charge in [0.25, 0.3) is 0 Å². The summed E-state index contributed by atoms with van der Waals surface area (Å²) in [5.41, 5.74) is 0. The average molecular weight is 216 g/mol. The first-order valence-corrected chi connectivity index (χ1v) is 4.22. The first kappa shape index (κ1) is 13.2. The molecular formula is C9H12O6. The zero-order valence-corrected chi connectivity index (χ0v) is 8.26. The van der Waals surface area contributed by atoms with Crippen LogP contribution in [0, 0.1) is 0 Å². The minimum absolute atomic E-state index is 0.139. The van der Waals surface area contributed by atoms with Crippen LogP contribution >= 0.6 is 0 Å². The number of carbonyl (C=O) groups is 3. The minimum Gasteiger partial charge on any atom is -0.478 e. The lowest BCUT2D eigenvalue weighted by Crippen LogP contribution is -2.29. The number of ether oxygens (including phenoxy) is 2. The van der Waals surface area contributed by atoms with E-state index in [2.05, 4.69) is 16.1 Å². The summed E-state index contributed by atoms with van der Waals surface area (Å²) in [4.78, 5) is 32.2. The molecule has 6 heteroatoms. The molecule has 0 fully saturated rings. The van der Waals surface area contributed by atoms with Crippen LogP contribution in [0.1, 0.15) is 13.3 Å². The number of rotatable bonds is 6. The van der Waals surface area contributed by atoms with Crippen molar-refractivity contribution in [1.29, 1.82) is 0 Å². The molecule has 0 aromatic rings. The van der Waals surface area contributed by atoms with E-state index < -0.39 is 30.4 Å². The number of carboxylic acid groups (broad SMARTS) is 1. The summed E-state index contributed by atoms with van der Waals surface area (Å²) in [6.45, 7) is 4.83. The summed E-state index contributed by atoms with van der Waals surface area (Å²) < 4.78 is 8.94. The molecule has 6 nitrogen and oxygen atoms in total. The second-order valence-electron chi connectivity index (χ2n) is 2.48. The highest BCUT2D eigenvalue weighted by atomic mass is 16.6. The minimum atomic E-state index is -1.53. The molecule has 0 saturated heterocycles. The molecule has 1 atom stereocenters. The number of hydrogen-bond acceptors (Lipinski definition) is 5. The average Bonchev–Trinajstić information content (AvgIpc) is 2.16. The molecule has 0 aliphatic heterocycles. The van der Waals surface area contributed by atoms with Crippen molar-refractivity contribution in [2.45, 2.75) is 19.4 Å². The van der Waals surface area contributed by atoms with Crippen molar-refractivity contribution in [2.75, 3.05) is 6.61 Å². The largest absolute Gasteiger partial charge is 0.478 e. The van der Waals surface area contributed by atoms with E-state index in [0.717, 1.165) is 6.08 Å². The second-order valence-corrected chi connectivity index (χ2v) is 2.48. The van der Waals surface area contributed by atoms with Crippen molar-refractivity contribution in [3.05, 3.63) is 12.7 Å². The third-order valence-electron chi connectivity index (χ3n) is 1.36. The van der Waals surface area contributed by atoms with Crippen molar-refractivity contribution in [1.82, 2.24) is 0 Å². The number of carbonyl (C=O) groups excluding carboxylic acids is 2. The van der Waals surface area contributed by atoms with Crippen LogP contribution < -0.4 is 0 Å². The quantitative estimate of drug-likeness (QED) is 0.501. The van der Waals surface area contributed by atoms with Crippen LogP contribution in [0.3, 0.4) is 0 Å². The van der Waals surface area contributed by atoms with Gasteiger partial charge in [0.1, 0.15) is 0 Å². The van der Waals surface area contributed by atoms with Gasteiger partial charge in [0.15, 0.2) is 0 Å². The molecule has 0 aliphatic rings. The van der Waals surface area contributed by atoms with Crippen LogP contribution in [-0.2, 0) is 23.9 Å². The lowest BCUT2D eigenvalue weighted by atomic mass is 10.2. The van der Waals surface area contributed by atoms with E-state index in [4.69, 9.17) is 5.11 Å². The Balaban J connectivity index is 4.28. The molecule has 0 bridgehead atoms. The van der Waals surface area contributed by atoms with E-state index in [-0.39, 0.29) is 6.61 Å². The van der Waals surface area contributed by atoms with E-state index in [9.17, 15) is 14.4 Å². The third kappa shape index (κ3) is 5.45. The fourth-order valence-corrected chi connectivity index (χ4v) is 0.739. The molecule has 0 spiro atoms. The van der Waals surface area contributed by atoms with Gasteiger partial charge in [-0.05, 0) is 6.92 Å². The van der Waals surface area contributed by atoms with Gasteiger partial charge in [0.2, 0.25) is 6.10 Å². The van der Waals surface area contributed by atoms with Crippen LogP contribution in [0.25, 0.3) is 0 Å². The van der Waals surface area contributed by atoms with Crippen molar-refractivity contribution in [3.8, 4) is 0 Å². The summed E-state index contributed by atoms with van der Waals surface area (Å²) in [5, 5.41) is 8.62. The Bertz CT molecular complexity index is 270. The SMILES string of the molecule is C=CC(=O)OC(CC(=O)OCC)C(=O)O. The highest BCUT2D eigenvalue weighted by molar-refractivity contribution is 5.86. The van der Waals surface area contributed by atoms with Crippen LogP contribution in [0.15, 0.2) is 12.7 Å². The van der Waals surface area contributed by atoms with Gasteiger partial charge in [0, 0.05) is 6.08 Å². The number of esters is 2. The maximum atomic E-state index is 10.9. The molecule has 84 valence electrons. The Hall–Kier alpha value is -1.85. The molecule has 1 unspecified atom stereocenters. The van der Waals surface area contributed by atoms with E-state index in [1.54, 1.807) is 6.92 Å². The molecule has 0 aliphatic carbocycles. The fraction of sp³-hybridized carbons (Fsp3) is 0.444. The predicted octanol–water partition coefficient (Wildman–Crippen LogP) is 0.122. The van der Waals surface area contributed by atoms with Crippen LogP contribution in [0.4, 0.5) is 0 Å². The first-order chi connectivity index (χ1) is 7.01. The van der Waals surface area contributed by atoms with E-state index in [1.807, 2.05) is 0 Å². The standard InChI is InChI=1S/C9H12O6/c1-3-7(10)15-6(9(12)13)5-8(11)14-4-2/h3,6H,1,4-5H2,2H3,(H,12,13). The number of aliphatic carboxylic acids is 1. The van der Waals surface area contributed by atoms with E-state index in [1.165, 1.54) is 0 Å². The van der Waals surface area contributed by atoms with Gasteiger partial charge in [-0.3, -0.25) is 4.79 Å². The number of carboxylic acids is 1. The van der Waals surface area contributed by atoms with E-state index >= 15 is 0 Å².